The van der Waals surface area contributed by atoms with Gasteiger partial charge >= 0.3 is 0 Å². The van der Waals surface area contributed by atoms with E-state index in [1.165, 1.54) is 11.5 Å². The molecule has 1 aromatic carbocycles. The summed E-state index contributed by atoms with van der Waals surface area (Å²) in [6, 6.07) is 7.33. The van der Waals surface area contributed by atoms with Crippen molar-refractivity contribution in [2.24, 2.45) is 0 Å². The van der Waals surface area contributed by atoms with E-state index in [1.807, 2.05) is 41.7 Å². The smallest absolute Gasteiger partial charge is 0.251 e. The van der Waals surface area contributed by atoms with E-state index >= 15 is 0 Å². The van der Waals surface area contributed by atoms with E-state index in [2.05, 4.69) is 17.9 Å². The van der Waals surface area contributed by atoms with Gasteiger partial charge in [-0.05, 0) is 18.2 Å². The monoisotopic (exact) mass is 285 g/mol. The fraction of sp³-hybridized carbons (Fsp3) is 0.417. The predicted molar refractivity (Wildman–Crippen MR) is 79.6 cm³/mol. The van der Waals surface area contributed by atoms with E-state index in [4.69, 9.17) is 0 Å². The van der Waals surface area contributed by atoms with Gasteiger partial charge < -0.3 is 5.32 Å². The van der Waals surface area contributed by atoms with Crippen LogP contribution in [0.5, 0.6) is 0 Å². The van der Waals surface area contributed by atoms with Gasteiger partial charge in [-0.25, -0.2) is 0 Å². The zero-order chi connectivity index (χ0) is 12.1. The summed E-state index contributed by atoms with van der Waals surface area (Å²) in [5.74, 6) is 3.56. The molecule has 0 bridgehead atoms. The molecular weight excluding hydrogens is 270 g/mol. The molecule has 1 unspecified atom stereocenters. The van der Waals surface area contributed by atoms with Crippen LogP contribution in [0.1, 0.15) is 10.4 Å². The van der Waals surface area contributed by atoms with Crippen molar-refractivity contribution >= 4 is 42.1 Å². The van der Waals surface area contributed by atoms with Crippen LogP contribution in [0.2, 0.25) is 0 Å². The molecule has 92 valence electrons. The standard InChI is InChI=1S/C12H15NOS3/c14-12(9-2-1-3-10(15)6-9)13-7-11-8-16-4-5-17-11/h1-3,6,11,15H,4-5,7-8H2,(H,13,14). The number of hydrogen-bond donors (Lipinski definition) is 2. The van der Waals surface area contributed by atoms with E-state index < -0.39 is 0 Å². The zero-order valence-corrected chi connectivity index (χ0v) is 11.9. The maximum atomic E-state index is 11.9. The molecule has 1 amide bonds. The van der Waals surface area contributed by atoms with Crippen LogP contribution in [0.3, 0.4) is 0 Å². The van der Waals surface area contributed by atoms with Gasteiger partial charge in [-0.15, -0.1) is 12.6 Å². The molecule has 5 heteroatoms. The van der Waals surface area contributed by atoms with E-state index in [-0.39, 0.29) is 5.91 Å². The van der Waals surface area contributed by atoms with Crippen molar-refractivity contribution in [1.29, 1.82) is 0 Å². The molecule has 0 aliphatic carbocycles. The number of thiol groups is 1. The molecule has 0 spiro atoms. The first kappa shape index (κ1) is 13.2. The van der Waals surface area contributed by atoms with Gasteiger partial charge in [0.15, 0.2) is 0 Å². The molecule has 1 aliphatic rings. The summed E-state index contributed by atoms with van der Waals surface area (Å²) in [6.07, 6.45) is 0. The summed E-state index contributed by atoms with van der Waals surface area (Å²) in [5.41, 5.74) is 0.686. The number of amides is 1. The van der Waals surface area contributed by atoms with Crippen LogP contribution >= 0.6 is 36.2 Å². The molecule has 1 saturated heterocycles. The van der Waals surface area contributed by atoms with Gasteiger partial charge in [-0.3, -0.25) is 4.79 Å². The van der Waals surface area contributed by atoms with Gasteiger partial charge in [0, 0.05) is 39.5 Å². The van der Waals surface area contributed by atoms with Gasteiger partial charge in [-0.2, -0.15) is 23.5 Å². The molecule has 0 radical (unpaired) electrons. The highest BCUT2D eigenvalue weighted by Crippen LogP contribution is 2.23. The highest BCUT2D eigenvalue weighted by atomic mass is 32.2. The van der Waals surface area contributed by atoms with Crippen LogP contribution < -0.4 is 5.32 Å². The van der Waals surface area contributed by atoms with Gasteiger partial charge in [0.25, 0.3) is 5.91 Å². The Morgan fingerprint density at radius 3 is 3.06 bits per heavy atom. The summed E-state index contributed by atoms with van der Waals surface area (Å²) in [4.78, 5) is 12.7. The van der Waals surface area contributed by atoms with E-state index in [0.29, 0.717) is 10.8 Å². The third kappa shape index (κ3) is 4.16. The lowest BCUT2D eigenvalue weighted by Crippen LogP contribution is -2.33. The summed E-state index contributed by atoms with van der Waals surface area (Å²) >= 11 is 8.15. The van der Waals surface area contributed by atoms with Crippen LogP contribution in [0.25, 0.3) is 0 Å². The van der Waals surface area contributed by atoms with Crippen molar-refractivity contribution in [3.05, 3.63) is 29.8 Å². The summed E-state index contributed by atoms with van der Waals surface area (Å²) < 4.78 is 0. The van der Waals surface area contributed by atoms with Crippen LogP contribution in [0.4, 0.5) is 0 Å². The topological polar surface area (TPSA) is 29.1 Å². The largest absolute Gasteiger partial charge is 0.351 e. The lowest BCUT2D eigenvalue weighted by molar-refractivity contribution is 0.0954. The van der Waals surface area contributed by atoms with Crippen molar-refractivity contribution in [2.75, 3.05) is 23.8 Å². The second kappa shape index (κ2) is 6.61. The Bertz CT molecular complexity index is 391. The summed E-state index contributed by atoms with van der Waals surface area (Å²) in [6.45, 7) is 0.757. The predicted octanol–water partition coefficient (Wildman–Crippen LogP) is 2.55. The number of nitrogens with one attached hydrogen (secondary N) is 1. The van der Waals surface area contributed by atoms with Gasteiger partial charge in [0.2, 0.25) is 0 Å². The fourth-order valence-corrected chi connectivity index (χ4v) is 4.45. The third-order valence-electron chi connectivity index (χ3n) is 2.48. The molecule has 2 nitrogen and oxygen atoms in total. The third-order valence-corrected chi connectivity index (χ3v) is 5.61. The fourth-order valence-electron chi connectivity index (χ4n) is 1.61. The van der Waals surface area contributed by atoms with Gasteiger partial charge in [0.05, 0.1) is 0 Å². The molecule has 1 heterocycles. The minimum absolute atomic E-state index is 0.00271. The van der Waals surface area contributed by atoms with Crippen LogP contribution in [-0.4, -0.2) is 35.0 Å². The first-order valence-electron chi connectivity index (χ1n) is 5.52. The molecule has 1 aromatic rings. The average molecular weight is 285 g/mol. The van der Waals surface area contributed by atoms with Crippen molar-refractivity contribution in [1.82, 2.24) is 5.32 Å². The molecule has 17 heavy (non-hydrogen) atoms. The van der Waals surface area contributed by atoms with Crippen LogP contribution in [0, 0.1) is 0 Å². The number of thioether (sulfide) groups is 2. The Labute approximate surface area is 116 Å². The normalized spacial score (nSPS) is 19.9. The Hall–Kier alpha value is -0.260. The minimum Gasteiger partial charge on any atom is -0.351 e. The Morgan fingerprint density at radius 1 is 1.47 bits per heavy atom. The van der Waals surface area contributed by atoms with E-state index in [9.17, 15) is 4.79 Å². The molecule has 0 saturated carbocycles. The number of rotatable bonds is 3. The van der Waals surface area contributed by atoms with E-state index in [1.54, 1.807) is 6.07 Å². The molecule has 1 N–H and O–H groups in total. The van der Waals surface area contributed by atoms with Gasteiger partial charge in [0.1, 0.15) is 0 Å². The number of hydrogen-bond acceptors (Lipinski definition) is 4. The summed E-state index contributed by atoms with van der Waals surface area (Å²) in [7, 11) is 0. The Morgan fingerprint density at radius 2 is 2.35 bits per heavy atom. The number of carbonyl (C=O) groups excluding carboxylic acids is 1. The first-order valence-corrected chi connectivity index (χ1v) is 8.17. The molecular formula is C12H15NOS3. The van der Waals surface area contributed by atoms with Crippen LogP contribution in [0.15, 0.2) is 29.2 Å². The molecule has 0 aromatic heterocycles. The van der Waals surface area contributed by atoms with Crippen LogP contribution in [-0.2, 0) is 0 Å². The minimum atomic E-state index is -0.00271. The van der Waals surface area contributed by atoms with Crippen molar-refractivity contribution < 1.29 is 4.79 Å². The number of benzene rings is 1. The second-order valence-electron chi connectivity index (χ2n) is 3.83. The lowest BCUT2D eigenvalue weighted by atomic mass is 10.2. The SMILES string of the molecule is O=C(NCC1CSCCS1)c1cccc(S)c1. The quantitative estimate of drug-likeness (QED) is 0.836. The highest BCUT2D eigenvalue weighted by molar-refractivity contribution is 8.06. The molecule has 1 atom stereocenters. The molecule has 1 fully saturated rings. The molecule has 2 rings (SSSR count). The molecule has 1 aliphatic heterocycles. The maximum absolute atomic E-state index is 11.9. The van der Waals surface area contributed by atoms with Gasteiger partial charge in [-0.1, -0.05) is 6.07 Å². The zero-order valence-electron chi connectivity index (χ0n) is 9.39. The first-order chi connectivity index (χ1) is 8.25. The number of carbonyl (C=O) groups is 1. The highest BCUT2D eigenvalue weighted by Gasteiger charge is 2.15. The Balaban J connectivity index is 1.84. The Kier molecular flexibility index (Phi) is 5.13. The van der Waals surface area contributed by atoms with Crippen molar-refractivity contribution in [2.45, 2.75) is 10.1 Å². The van der Waals surface area contributed by atoms with Crippen molar-refractivity contribution in [3.63, 3.8) is 0 Å². The lowest BCUT2D eigenvalue weighted by Gasteiger charge is -2.21. The summed E-state index contributed by atoms with van der Waals surface area (Å²) in [5, 5.41) is 3.54. The maximum Gasteiger partial charge on any atom is 0.251 e. The second-order valence-corrected chi connectivity index (χ2v) is 6.90. The van der Waals surface area contributed by atoms with Crippen molar-refractivity contribution in [3.8, 4) is 0 Å². The average Bonchev–Trinajstić information content (AvgIpc) is 2.37. The van der Waals surface area contributed by atoms with E-state index in [0.717, 1.165) is 17.2 Å².